The Morgan fingerprint density at radius 1 is 1.27 bits per heavy atom. The molecule has 0 saturated heterocycles. The van der Waals surface area contributed by atoms with E-state index in [1.165, 1.54) is 17.4 Å². The van der Waals surface area contributed by atoms with Gasteiger partial charge in [0.05, 0.1) is 11.5 Å². The number of phenolic OH excluding ortho intramolecular Hbond substituents is 1. The SMILES string of the molecule is CCc1cc(C(=O)Cc2[nH+]c3ccccc3s2)c(O)cc1OCC(=O)[O-]. The van der Waals surface area contributed by atoms with Gasteiger partial charge in [0, 0.05) is 12.1 Å². The van der Waals surface area contributed by atoms with Crippen molar-refractivity contribution in [2.24, 2.45) is 0 Å². The second kappa shape index (κ2) is 7.53. The molecule has 0 bridgehead atoms. The maximum absolute atomic E-state index is 12.6. The molecule has 3 rings (SSSR count). The molecule has 2 N–H and O–H groups in total. The normalized spacial score (nSPS) is 10.8. The van der Waals surface area contributed by atoms with Crippen LogP contribution in [0.2, 0.25) is 0 Å². The van der Waals surface area contributed by atoms with E-state index in [2.05, 4.69) is 4.98 Å². The Labute approximate surface area is 153 Å². The molecular formula is C19H17NO5S. The smallest absolute Gasteiger partial charge is 0.244 e. The number of carbonyl (C=O) groups is 2. The number of thiazole rings is 1. The molecule has 0 spiro atoms. The molecule has 0 atom stereocenters. The first-order valence-electron chi connectivity index (χ1n) is 8.09. The molecule has 0 fully saturated rings. The highest BCUT2D eigenvalue weighted by atomic mass is 32.1. The lowest BCUT2D eigenvalue weighted by Gasteiger charge is -2.13. The maximum Gasteiger partial charge on any atom is 0.244 e. The number of para-hydroxylation sites is 1. The van der Waals surface area contributed by atoms with E-state index in [9.17, 15) is 19.8 Å². The molecule has 0 amide bonds. The van der Waals surface area contributed by atoms with Gasteiger partial charge in [0.25, 0.3) is 0 Å². The minimum atomic E-state index is -1.35. The van der Waals surface area contributed by atoms with E-state index in [0.717, 1.165) is 15.2 Å². The van der Waals surface area contributed by atoms with Crippen molar-refractivity contribution in [3.05, 3.63) is 52.5 Å². The highest BCUT2D eigenvalue weighted by Gasteiger charge is 2.20. The van der Waals surface area contributed by atoms with Crippen LogP contribution < -0.4 is 14.8 Å². The lowest BCUT2D eigenvalue weighted by atomic mass is 10.0. The van der Waals surface area contributed by atoms with Crippen molar-refractivity contribution in [3.8, 4) is 11.5 Å². The molecule has 1 heterocycles. The van der Waals surface area contributed by atoms with E-state index in [4.69, 9.17) is 4.74 Å². The van der Waals surface area contributed by atoms with Crippen LogP contribution >= 0.6 is 11.3 Å². The lowest BCUT2D eigenvalue weighted by molar-refractivity contribution is -0.349. The first-order chi connectivity index (χ1) is 12.5. The average Bonchev–Trinajstić information content (AvgIpc) is 3.01. The van der Waals surface area contributed by atoms with Gasteiger partial charge in [0.15, 0.2) is 5.78 Å². The van der Waals surface area contributed by atoms with Crippen molar-refractivity contribution >= 4 is 33.3 Å². The van der Waals surface area contributed by atoms with Crippen LogP contribution in [0.15, 0.2) is 36.4 Å². The predicted molar refractivity (Wildman–Crippen MR) is 94.4 cm³/mol. The third kappa shape index (κ3) is 3.83. The van der Waals surface area contributed by atoms with E-state index in [0.29, 0.717) is 12.0 Å². The second-order valence-corrected chi connectivity index (χ2v) is 6.87. The predicted octanol–water partition coefficient (Wildman–Crippen LogP) is 1.54. The summed E-state index contributed by atoms with van der Waals surface area (Å²) in [5.41, 5.74) is 1.80. The summed E-state index contributed by atoms with van der Waals surface area (Å²) in [7, 11) is 0. The highest BCUT2D eigenvalue weighted by molar-refractivity contribution is 7.18. The number of carboxylic acid groups (broad SMARTS) is 1. The first-order valence-corrected chi connectivity index (χ1v) is 8.91. The number of fused-ring (bicyclic) bond motifs is 1. The summed E-state index contributed by atoms with van der Waals surface area (Å²) < 4.78 is 6.18. The van der Waals surface area contributed by atoms with Crippen LogP contribution in [0, 0.1) is 0 Å². The van der Waals surface area contributed by atoms with Crippen molar-refractivity contribution in [1.82, 2.24) is 0 Å². The number of aromatic hydroxyl groups is 1. The number of aromatic amines is 1. The van der Waals surface area contributed by atoms with Gasteiger partial charge in [-0.2, -0.15) is 4.98 Å². The number of carbonyl (C=O) groups excluding carboxylic acids is 2. The number of ether oxygens (including phenoxy) is 1. The number of phenols is 1. The topological polar surface area (TPSA) is 101 Å². The number of hydrogen-bond acceptors (Lipinski definition) is 6. The van der Waals surface area contributed by atoms with Gasteiger partial charge in [-0.3, -0.25) is 4.79 Å². The summed E-state index contributed by atoms with van der Waals surface area (Å²) >= 11 is 1.50. The second-order valence-electron chi connectivity index (χ2n) is 5.74. The fourth-order valence-corrected chi connectivity index (χ4v) is 3.68. The number of aromatic nitrogens is 1. The van der Waals surface area contributed by atoms with Crippen LogP contribution in [0.5, 0.6) is 11.5 Å². The Bertz CT molecular complexity index is 946. The van der Waals surface area contributed by atoms with E-state index < -0.39 is 12.6 Å². The molecule has 0 saturated carbocycles. The van der Waals surface area contributed by atoms with Crippen LogP contribution in [-0.4, -0.2) is 23.5 Å². The third-order valence-electron chi connectivity index (χ3n) is 3.92. The molecule has 3 aromatic rings. The molecule has 2 aromatic carbocycles. The number of carboxylic acids is 1. The van der Waals surface area contributed by atoms with Gasteiger partial charge in [0.1, 0.15) is 29.2 Å². The zero-order valence-corrected chi connectivity index (χ0v) is 14.9. The Balaban J connectivity index is 1.85. The number of rotatable bonds is 7. The molecular weight excluding hydrogens is 354 g/mol. The summed E-state index contributed by atoms with van der Waals surface area (Å²) in [6.07, 6.45) is 0.660. The third-order valence-corrected chi connectivity index (χ3v) is 4.99. The number of benzene rings is 2. The minimum absolute atomic E-state index is 0.134. The Hall–Kier alpha value is -2.93. The van der Waals surface area contributed by atoms with Gasteiger partial charge in [0.2, 0.25) is 10.5 Å². The number of Topliss-reactive ketones (excluding diaryl/α,β-unsaturated/α-hetero) is 1. The molecule has 0 unspecified atom stereocenters. The van der Waals surface area contributed by atoms with E-state index >= 15 is 0 Å². The Morgan fingerprint density at radius 3 is 2.73 bits per heavy atom. The van der Waals surface area contributed by atoms with E-state index in [1.54, 1.807) is 6.07 Å². The van der Waals surface area contributed by atoms with Crippen LogP contribution in [-0.2, 0) is 17.6 Å². The zero-order valence-electron chi connectivity index (χ0n) is 14.1. The van der Waals surface area contributed by atoms with Crippen LogP contribution in [0.4, 0.5) is 0 Å². The Morgan fingerprint density at radius 2 is 2.04 bits per heavy atom. The number of aryl methyl sites for hydroxylation is 1. The first kappa shape index (κ1) is 17.9. The maximum atomic E-state index is 12.6. The van der Waals surface area contributed by atoms with Gasteiger partial charge in [-0.15, -0.1) is 0 Å². The summed E-state index contributed by atoms with van der Waals surface area (Å²) in [5, 5.41) is 21.5. The van der Waals surface area contributed by atoms with Gasteiger partial charge in [-0.25, -0.2) is 0 Å². The summed E-state index contributed by atoms with van der Waals surface area (Å²) in [6, 6.07) is 10.6. The van der Waals surface area contributed by atoms with Crippen molar-refractivity contribution in [2.75, 3.05) is 6.61 Å². The molecule has 134 valence electrons. The molecule has 0 aliphatic heterocycles. The summed E-state index contributed by atoms with van der Waals surface area (Å²) in [6.45, 7) is 1.24. The molecule has 1 aromatic heterocycles. The fourth-order valence-electron chi connectivity index (χ4n) is 2.67. The van der Waals surface area contributed by atoms with Gasteiger partial charge in [-0.05, 0) is 24.1 Å². The number of aliphatic carboxylic acids is 1. The minimum Gasteiger partial charge on any atom is -0.546 e. The van der Waals surface area contributed by atoms with Crippen LogP contribution in [0.1, 0.15) is 27.9 Å². The summed E-state index contributed by atoms with van der Waals surface area (Å²) in [4.78, 5) is 26.4. The number of ketones is 1. The molecule has 26 heavy (non-hydrogen) atoms. The molecule has 0 aliphatic carbocycles. The van der Waals surface area contributed by atoms with Gasteiger partial charge < -0.3 is 19.7 Å². The monoisotopic (exact) mass is 371 g/mol. The molecule has 6 nitrogen and oxygen atoms in total. The lowest BCUT2D eigenvalue weighted by Crippen LogP contribution is -2.29. The number of nitrogens with one attached hydrogen (secondary N) is 1. The van der Waals surface area contributed by atoms with Crippen molar-refractivity contribution in [1.29, 1.82) is 0 Å². The van der Waals surface area contributed by atoms with Crippen LogP contribution in [0.25, 0.3) is 10.2 Å². The number of hydrogen-bond donors (Lipinski definition) is 1. The summed E-state index contributed by atoms with van der Waals surface area (Å²) in [5.74, 6) is -1.58. The van der Waals surface area contributed by atoms with Crippen molar-refractivity contribution < 1.29 is 29.5 Å². The van der Waals surface area contributed by atoms with E-state index in [-0.39, 0.29) is 29.3 Å². The average molecular weight is 371 g/mol. The largest absolute Gasteiger partial charge is 0.546 e. The molecule has 0 radical (unpaired) electrons. The van der Waals surface area contributed by atoms with Crippen molar-refractivity contribution in [3.63, 3.8) is 0 Å². The molecule has 0 aliphatic rings. The van der Waals surface area contributed by atoms with Crippen LogP contribution in [0.3, 0.4) is 0 Å². The standard InChI is InChI=1S/C19H17NO5S/c1-2-11-7-12(14(21)8-16(11)25-10-19(23)24)15(22)9-18-20-13-5-3-4-6-17(13)26-18/h3-8,21H,2,9-10H2,1H3,(H,23,24). The highest BCUT2D eigenvalue weighted by Crippen LogP contribution is 2.30. The zero-order chi connectivity index (χ0) is 18.7. The molecule has 7 heteroatoms. The van der Waals surface area contributed by atoms with Gasteiger partial charge >= 0.3 is 0 Å². The van der Waals surface area contributed by atoms with E-state index in [1.807, 2.05) is 31.2 Å². The van der Waals surface area contributed by atoms with Crippen molar-refractivity contribution in [2.45, 2.75) is 19.8 Å². The quantitative estimate of drug-likeness (QED) is 0.635. The van der Waals surface area contributed by atoms with Gasteiger partial charge in [-0.1, -0.05) is 30.4 Å². The fraction of sp³-hybridized carbons (Fsp3) is 0.211. The number of H-pyrrole nitrogens is 1. The Kier molecular flexibility index (Phi) is 5.18.